The molecule has 1 saturated heterocycles. The molecule has 2 aromatic rings. The van der Waals surface area contributed by atoms with E-state index in [4.69, 9.17) is 9.26 Å². The third-order valence-electron chi connectivity index (χ3n) is 3.48. The van der Waals surface area contributed by atoms with Crippen molar-refractivity contribution in [3.63, 3.8) is 0 Å². The van der Waals surface area contributed by atoms with E-state index in [1.165, 1.54) is 17.6 Å². The van der Waals surface area contributed by atoms with E-state index in [1.54, 1.807) is 23.3 Å². The van der Waals surface area contributed by atoms with Gasteiger partial charge in [-0.3, -0.25) is 5.32 Å². The zero-order chi connectivity index (χ0) is 16.2. The molecule has 8 nitrogen and oxygen atoms in total. The second-order valence-corrected chi connectivity index (χ2v) is 5.85. The third kappa shape index (κ3) is 3.34. The Morgan fingerprint density at radius 3 is 3.17 bits per heavy atom. The number of likely N-dealkylation sites (tertiary alicyclic amines) is 1. The van der Waals surface area contributed by atoms with Crippen LogP contribution in [-0.4, -0.2) is 40.2 Å². The molecule has 0 spiro atoms. The smallest absolute Gasteiger partial charge is 0.357 e. The Kier molecular flexibility index (Phi) is 4.56. The molecule has 1 aliphatic heterocycles. The van der Waals surface area contributed by atoms with Gasteiger partial charge in [0.25, 0.3) is 0 Å². The summed E-state index contributed by atoms with van der Waals surface area (Å²) in [7, 11) is 0. The number of urea groups is 1. The van der Waals surface area contributed by atoms with E-state index in [-0.39, 0.29) is 17.8 Å². The van der Waals surface area contributed by atoms with Gasteiger partial charge in [-0.1, -0.05) is 5.16 Å². The molecule has 1 fully saturated rings. The van der Waals surface area contributed by atoms with Crippen molar-refractivity contribution in [2.24, 2.45) is 0 Å². The van der Waals surface area contributed by atoms with Gasteiger partial charge in [0.15, 0.2) is 11.5 Å². The molecule has 122 valence electrons. The molecule has 1 N–H and O–H groups in total. The molecule has 0 aromatic carbocycles. The van der Waals surface area contributed by atoms with Crippen molar-refractivity contribution in [1.82, 2.24) is 15.0 Å². The van der Waals surface area contributed by atoms with E-state index in [2.05, 4.69) is 15.5 Å². The summed E-state index contributed by atoms with van der Waals surface area (Å²) >= 11 is 1.36. The van der Waals surface area contributed by atoms with Gasteiger partial charge in [-0.05, 0) is 19.8 Å². The summed E-state index contributed by atoms with van der Waals surface area (Å²) in [5.41, 5.74) is 0.288. The van der Waals surface area contributed by atoms with Crippen molar-refractivity contribution in [2.45, 2.75) is 25.8 Å². The van der Waals surface area contributed by atoms with E-state index >= 15 is 0 Å². The molecule has 0 unspecified atom stereocenters. The fourth-order valence-electron chi connectivity index (χ4n) is 2.46. The van der Waals surface area contributed by atoms with Crippen LogP contribution in [0.4, 0.5) is 10.6 Å². The number of carbonyl (C=O) groups is 2. The van der Waals surface area contributed by atoms with Crippen LogP contribution in [-0.2, 0) is 4.74 Å². The summed E-state index contributed by atoms with van der Waals surface area (Å²) < 4.78 is 9.64. The highest BCUT2D eigenvalue weighted by Gasteiger charge is 2.33. The lowest BCUT2D eigenvalue weighted by Gasteiger charge is -2.22. The second-order valence-electron chi connectivity index (χ2n) is 4.96. The molecule has 3 heterocycles. The van der Waals surface area contributed by atoms with Crippen LogP contribution < -0.4 is 5.32 Å². The number of nitrogens with zero attached hydrogens (tertiary/aromatic N) is 3. The number of esters is 1. The van der Waals surface area contributed by atoms with Crippen LogP contribution in [0.25, 0.3) is 0 Å². The zero-order valence-corrected chi connectivity index (χ0v) is 13.3. The predicted molar refractivity (Wildman–Crippen MR) is 82.3 cm³/mol. The first-order valence-electron chi connectivity index (χ1n) is 7.29. The Hall–Kier alpha value is -2.42. The molecular formula is C14H16N4O4S. The normalized spacial score (nSPS) is 17.3. The Labute approximate surface area is 136 Å². The lowest BCUT2D eigenvalue weighted by Crippen LogP contribution is -2.34. The summed E-state index contributed by atoms with van der Waals surface area (Å²) in [6.07, 6.45) is 3.08. The Balaban J connectivity index is 1.71. The number of anilines is 1. The summed E-state index contributed by atoms with van der Waals surface area (Å²) in [4.78, 5) is 30.1. The molecule has 0 aliphatic carbocycles. The van der Waals surface area contributed by atoms with Gasteiger partial charge in [0.1, 0.15) is 11.3 Å². The number of amides is 2. The van der Waals surface area contributed by atoms with Crippen LogP contribution >= 0.6 is 11.3 Å². The Bertz CT molecular complexity index is 685. The van der Waals surface area contributed by atoms with Gasteiger partial charge in [0.2, 0.25) is 0 Å². The molecule has 0 saturated carbocycles. The number of thiazole rings is 1. The van der Waals surface area contributed by atoms with Gasteiger partial charge in [-0.2, -0.15) is 0 Å². The van der Waals surface area contributed by atoms with Crippen molar-refractivity contribution in [3.05, 3.63) is 28.4 Å². The minimum absolute atomic E-state index is 0.143. The van der Waals surface area contributed by atoms with E-state index < -0.39 is 5.97 Å². The molecule has 9 heteroatoms. The first-order chi connectivity index (χ1) is 11.2. The molecule has 1 aliphatic rings. The monoisotopic (exact) mass is 336 g/mol. The summed E-state index contributed by atoms with van der Waals surface area (Å²) in [6.45, 7) is 2.68. The molecule has 23 heavy (non-hydrogen) atoms. The number of ether oxygens (including phenoxy) is 1. The van der Waals surface area contributed by atoms with E-state index in [9.17, 15) is 9.59 Å². The van der Waals surface area contributed by atoms with Gasteiger partial charge in [-0.25, -0.2) is 14.6 Å². The van der Waals surface area contributed by atoms with Crippen molar-refractivity contribution < 1.29 is 18.8 Å². The Morgan fingerprint density at radius 2 is 2.43 bits per heavy atom. The highest BCUT2D eigenvalue weighted by Crippen LogP contribution is 2.34. The SMILES string of the molecule is CCOC(=O)c1csc([C@H]2CCCN2C(=O)Nc2ccon2)n1. The van der Waals surface area contributed by atoms with Crippen LogP contribution in [0.1, 0.15) is 41.3 Å². The largest absolute Gasteiger partial charge is 0.461 e. The standard InChI is InChI=1S/C14H16N4O4S/c1-2-21-13(19)9-8-23-12(15-9)10-4-3-6-18(10)14(20)16-11-5-7-22-17-11/h5,7-8,10H,2-4,6H2,1H3,(H,16,17,20)/t10-/m1/s1. The maximum Gasteiger partial charge on any atom is 0.357 e. The minimum atomic E-state index is -0.438. The van der Waals surface area contributed by atoms with E-state index in [0.29, 0.717) is 19.0 Å². The van der Waals surface area contributed by atoms with Crippen LogP contribution in [0.15, 0.2) is 22.2 Å². The van der Waals surface area contributed by atoms with Crippen LogP contribution in [0.5, 0.6) is 0 Å². The average Bonchev–Trinajstić information content (AvgIpc) is 3.28. The van der Waals surface area contributed by atoms with Crippen molar-refractivity contribution in [1.29, 1.82) is 0 Å². The maximum absolute atomic E-state index is 12.4. The van der Waals surface area contributed by atoms with Gasteiger partial charge in [-0.15, -0.1) is 11.3 Å². The van der Waals surface area contributed by atoms with Crippen molar-refractivity contribution in [2.75, 3.05) is 18.5 Å². The lowest BCUT2D eigenvalue weighted by atomic mass is 10.2. The molecule has 2 aromatic heterocycles. The maximum atomic E-state index is 12.4. The summed E-state index contributed by atoms with van der Waals surface area (Å²) in [5.74, 6) is -0.0707. The van der Waals surface area contributed by atoms with Gasteiger partial charge < -0.3 is 14.2 Å². The number of aromatic nitrogens is 2. The first-order valence-corrected chi connectivity index (χ1v) is 8.17. The number of rotatable bonds is 4. The highest BCUT2D eigenvalue weighted by atomic mass is 32.1. The second kappa shape index (κ2) is 6.78. The van der Waals surface area contributed by atoms with Crippen molar-refractivity contribution >= 4 is 29.2 Å². The number of hydrogen-bond acceptors (Lipinski definition) is 7. The molecule has 1 atom stereocenters. The fourth-order valence-corrected chi connectivity index (χ4v) is 3.40. The van der Waals surface area contributed by atoms with Crippen LogP contribution in [0.3, 0.4) is 0 Å². The molecule has 2 amide bonds. The number of nitrogens with one attached hydrogen (secondary N) is 1. The molecular weight excluding hydrogens is 320 g/mol. The van der Waals surface area contributed by atoms with Gasteiger partial charge in [0, 0.05) is 18.0 Å². The summed E-state index contributed by atoms with van der Waals surface area (Å²) in [6, 6.07) is 1.18. The fraction of sp³-hybridized carbons (Fsp3) is 0.429. The van der Waals surface area contributed by atoms with E-state index in [1.807, 2.05) is 0 Å². The van der Waals surface area contributed by atoms with Gasteiger partial charge >= 0.3 is 12.0 Å². The number of carbonyl (C=O) groups excluding carboxylic acids is 2. The zero-order valence-electron chi connectivity index (χ0n) is 12.5. The van der Waals surface area contributed by atoms with Gasteiger partial charge in [0.05, 0.1) is 12.6 Å². The Morgan fingerprint density at radius 1 is 1.57 bits per heavy atom. The summed E-state index contributed by atoms with van der Waals surface area (Å²) in [5, 5.41) is 8.75. The topological polar surface area (TPSA) is 97.6 Å². The molecule has 3 rings (SSSR count). The first kappa shape index (κ1) is 15.5. The number of hydrogen-bond donors (Lipinski definition) is 1. The molecule has 0 radical (unpaired) electrons. The van der Waals surface area contributed by atoms with Crippen LogP contribution in [0, 0.1) is 0 Å². The van der Waals surface area contributed by atoms with E-state index in [0.717, 1.165) is 17.8 Å². The third-order valence-corrected chi connectivity index (χ3v) is 4.42. The predicted octanol–water partition coefficient (Wildman–Crippen LogP) is 2.68. The van der Waals surface area contributed by atoms with Crippen LogP contribution in [0.2, 0.25) is 0 Å². The van der Waals surface area contributed by atoms with Crippen molar-refractivity contribution in [3.8, 4) is 0 Å². The quantitative estimate of drug-likeness (QED) is 0.862. The molecule has 0 bridgehead atoms. The average molecular weight is 336 g/mol. The lowest BCUT2D eigenvalue weighted by molar-refractivity contribution is 0.0520. The minimum Gasteiger partial charge on any atom is -0.461 e. The highest BCUT2D eigenvalue weighted by molar-refractivity contribution is 7.09.